The first-order chi connectivity index (χ1) is 8.43. The number of alkyl halides is 1. The molecule has 0 radical (unpaired) electrons. The number of carbonyl (C=O) groups is 1. The largest absolute Gasteiger partial charge is 0.463 e. The quantitative estimate of drug-likeness (QED) is 0.394. The van der Waals surface area contributed by atoms with Gasteiger partial charge in [-0.2, -0.15) is 0 Å². The van der Waals surface area contributed by atoms with Crippen molar-refractivity contribution in [3.8, 4) is 0 Å². The van der Waals surface area contributed by atoms with Crippen LogP contribution in [0.3, 0.4) is 0 Å². The van der Waals surface area contributed by atoms with Crippen molar-refractivity contribution in [2.45, 2.75) is 58.7 Å². The molecular weight excluding hydrogens is 235 g/mol. The third-order valence-electron chi connectivity index (χ3n) is 2.72. The maximum atomic E-state index is 12.4. The Labute approximate surface area is 109 Å². The molecule has 0 aromatic carbocycles. The van der Waals surface area contributed by atoms with Crippen LogP contribution < -0.4 is 0 Å². The lowest BCUT2D eigenvalue weighted by molar-refractivity contribution is -0.145. The molecule has 0 heterocycles. The van der Waals surface area contributed by atoms with Gasteiger partial charge in [-0.05, 0) is 39.0 Å². The van der Waals surface area contributed by atoms with E-state index in [0.717, 1.165) is 12.8 Å². The molecule has 18 heavy (non-hydrogen) atoms. The molecule has 0 saturated heterocycles. The van der Waals surface area contributed by atoms with Crippen LogP contribution >= 0.6 is 0 Å². The minimum atomic E-state index is -1.10. The molecule has 0 bridgehead atoms. The van der Waals surface area contributed by atoms with E-state index in [4.69, 9.17) is 4.74 Å². The predicted octanol–water partition coefficient (Wildman–Crippen LogP) is 3.02. The fourth-order valence-electron chi connectivity index (χ4n) is 1.27. The van der Waals surface area contributed by atoms with E-state index in [1.54, 1.807) is 6.92 Å². The molecule has 0 aliphatic carbocycles. The van der Waals surface area contributed by atoms with Gasteiger partial charge in [-0.3, -0.25) is 4.79 Å². The number of halogens is 1. The number of ether oxygens (including phenoxy) is 1. The van der Waals surface area contributed by atoms with Crippen molar-refractivity contribution in [3.63, 3.8) is 0 Å². The SMILES string of the molecule is CC(F)COC(=O)CCCC=CCC(C)C(C)O. The van der Waals surface area contributed by atoms with E-state index >= 15 is 0 Å². The van der Waals surface area contributed by atoms with Crippen LogP contribution in [0.15, 0.2) is 12.2 Å². The van der Waals surface area contributed by atoms with Crippen LogP contribution in [0.25, 0.3) is 0 Å². The summed E-state index contributed by atoms with van der Waals surface area (Å²) < 4.78 is 17.1. The van der Waals surface area contributed by atoms with E-state index in [0.29, 0.717) is 12.8 Å². The highest BCUT2D eigenvalue weighted by Gasteiger charge is 2.06. The van der Waals surface area contributed by atoms with Crippen molar-refractivity contribution in [1.29, 1.82) is 0 Å². The zero-order valence-corrected chi connectivity index (χ0v) is 11.6. The van der Waals surface area contributed by atoms with Gasteiger partial charge < -0.3 is 9.84 Å². The maximum Gasteiger partial charge on any atom is 0.305 e. The van der Waals surface area contributed by atoms with E-state index in [1.807, 2.05) is 19.1 Å². The molecule has 0 saturated carbocycles. The fourth-order valence-corrected chi connectivity index (χ4v) is 1.27. The van der Waals surface area contributed by atoms with Crippen molar-refractivity contribution in [3.05, 3.63) is 12.2 Å². The third kappa shape index (κ3) is 10.3. The minimum Gasteiger partial charge on any atom is -0.463 e. The Hall–Kier alpha value is -0.900. The number of hydrogen-bond acceptors (Lipinski definition) is 3. The van der Waals surface area contributed by atoms with E-state index in [-0.39, 0.29) is 24.6 Å². The second kappa shape index (κ2) is 10.1. The molecule has 3 unspecified atom stereocenters. The molecule has 0 aliphatic heterocycles. The average molecular weight is 260 g/mol. The number of aliphatic hydroxyl groups excluding tert-OH is 1. The van der Waals surface area contributed by atoms with Gasteiger partial charge >= 0.3 is 5.97 Å². The van der Waals surface area contributed by atoms with Crippen molar-refractivity contribution >= 4 is 5.97 Å². The summed E-state index contributed by atoms with van der Waals surface area (Å²) in [4.78, 5) is 11.1. The van der Waals surface area contributed by atoms with Crippen molar-refractivity contribution in [2.75, 3.05) is 6.61 Å². The molecule has 0 amide bonds. The maximum absolute atomic E-state index is 12.4. The molecular formula is C14H25FO3. The highest BCUT2D eigenvalue weighted by Crippen LogP contribution is 2.09. The molecule has 4 heteroatoms. The van der Waals surface area contributed by atoms with E-state index in [9.17, 15) is 14.3 Å². The first-order valence-electron chi connectivity index (χ1n) is 6.56. The highest BCUT2D eigenvalue weighted by molar-refractivity contribution is 5.69. The molecule has 106 valence electrons. The molecule has 1 N–H and O–H groups in total. The third-order valence-corrected chi connectivity index (χ3v) is 2.72. The van der Waals surface area contributed by atoms with Gasteiger partial charge in [-0.1, -0.05) is 19.1 Å². The lowest BCUT2D eigenvalue weighted by Gasteiger charge is -2.10. The summed E-state index contributed by atoms with van der Waals surface area (Å²) in [6.07, 6.45) is 5.29. The number of allylic oxidation sites excluding steroid dienone is 2. The molecule has 0 spiro atoms. The lowest BCUT2D eigenvalue weighted by Crippen LogP contribution is -2.12. The lowest BCUT2D eigenvalue weighted by atomic mass is 10.0. The monoisotopic (exact) mass is 260 g/mol. The number of unbranched alkanes of at least 4 members (excludes halogenated alkanes) is 1. The van der Waals surface area contributed by atoms with Crippen LogP contribution in [-0.4, -0.2) is 30.0 Å². The normalized spacial score (nSPS) is 16.5. The Morgan fingerprint density at radius 2 is 2.00 bits per heavy atom. The molecule has 0 rings (SSSR count). The predicted molar refractivity (Wildman–Crippen MR) is 70.0 cm³/mol. The number of esters is 1. The summed E-state index contributed by atoms with van der Waals surface area (Å²) >= 11 is 0. The summed E-state index contributed by atoms with van der Waals surface area (Å²) in [6, 6.07) is 0. The van der Waals surface area contributed by atoms with Crippen molar-refractivity contribution in [1.82, 2.24) is 0 Å². The topological polar surface area (TPSA) is 46.5 Å². The van der Waals surface area contributed by atoms with Gasteiger partial charge in [-0.15, -0.1) is 0 Å². The zero-order valence-electron chi connectivity index (χ0n) is 11.6. The van der Waals surface area contributed by atoms with E-state index in [2.05, 4.69) is 0 Å². The van der Waals surface area contributed by atoms with Gasteiger partial charge in [0.15, 0.2) is 0 Å². The number of aliphatic hydroxyl groups is 1. The van der Waals surface area contributed by atoms with Crippen LogP contribution in [-0.2, 0) is 9.53 Å². The first kappa shape index (κ1) is 17.1. The van der Waals surface area contributed by atoms with Gasteiger partial charge in [0.25, 0.3) is 0 Å². The summed E-state index contributed by atoms with van der Waals surface area (Å²) in [5, 5.41) is 9.27. The smallest absolute Gasteiger partial charge is 0.305 e. The first-order valence-corrected chi connectivity index (χ1v) is 6.56. The Kier molecular flexibility index (Phi) is 9.56. The minimum absolute atomic E-state index is 0.152. The van der Waals surface area contributed by atoms with Gasteiger partial charge in [-0.25, -0.2) is 4.39 Å². The van der Waals surface area contributed by atoms with E-state index in [1.165, 1.54) is 6.92 Å². The average Bonchev–Trinajstić information content (AvgIpc) is 2.30. The van der Waals surface area contributed by atoms with Gasteiger partial charge in [0.05, 0.1) is 6.10 Å². The Balaban J connectivity index is 3.49. The summed E-state index contributed by atoms with van der Waals surface area (Å²) in [7, 11) is 0. The van der Waals surface area contributed by atoms with Crippen molar-refractivity contribution < 1.29 is 19.0 Å². The molecule has 3 nitrogen and oxygen atoms in total. The van der Waals surface area contributed by atoms with Gasteiger partial charge in [0.2, 0.25) is 0 Å². The van der Waals surface area contributed by atoms with Crippen LogP contribution in [0.5, 0.6) is 0 Å². The van der Waals surface area contributed by atoms with Crippen LogP contribution in [0.2, 0.25) is 0 Å². The summed E-state index contributed by atoms with van der Waals surface area (Å²) in [5.74, 6) is -0.0949. The number of hydrogen-bond donors (Lipinski definition) is 1. The molecule has 0 aliphatic rings. The summed E-state index contributed by atoms with van der Waals surface area (Å²) in [6.45, 7) is 4.98. The van der Waals surface area contributed by atoms with Crippen LogP contribution in [0.1, 0.15) is 46.5 Å². The van der Waals surface area contributed by atoms with Gasteiger partial charge in [0.1, 0.15) is 12.8 Å². The zero-order chi connectivity index (χ0) is 14.0. The summed E-state index contributed by atoms with van der Waals surface area (Å²) in [5.41, 5.74) is 0. The Morgan fingerprint density at radius 1 is 1.33 bits per heavy atom. The number of rotatable bonds is 9. The second-order valence-corrected chi connectivity index (χ2v) is 4.78. The Morgan fingerprint density at radius 3 is 2.56 bits per heavy atom. The Bertz CT molecular complexity index is 249. The highest BCUT2D eigenvalue weighted by atomic mass is 19.1. The molecule has 0 aromatic heterocycles. The standard InChI is InChI=1S/C14H25FO3/c1-11(13(3)16)8-6-4-5-7-9-14(17)18-10-12(2)15/h4,6,11-13,16H,5,7-10H2,1-3H3. The number of carbonyl (C=O) groups excluding carboxylic acids is 1. The van der Waals surface area contributed by atoms with Crippen LogP contribution in [0.4, 0.5) is 4.39 Å². The van der Waals surface area contributed by atoms with Gasteiger partial charge in [0, 0.05) is 6.42 Å². The molecule has 0 aromatic rings. The second-order valence-electron chi connectivity index (χ2n) is 4.78. The van der Waals surface area contributed by atoms with Crippen LogP contribution in [0, 0.1) is 5.92 Å². The van der Waals surface area contributed by atoms with Crippen molar-refractivity contribution in [2.24, 2.45) is 5.92 Å². The molecule has 0 fully saturated rings. The fraction of sp³-hybridized carbons (Fsp3) is 0.786. The van der Waals surface area contributed by atoms with E-state index < -0.39 is 6.17 Å². The molecule has 3 atom stereocenters.